The predicted octanol–water partition coefficient (Wildman–Crippen LogP) is 3.16. The van der Waals surface area contributed by atoms with Gasteiger partial charge in [0.25, 0.3) is 0 Å². The summed E-state index contributed by atoms with van der Waals surface area (Å²) in [5.74, 6) is 2.98. The van der Waals surface area contributed by atoms with E-state index < -0.39 is 0 Å². The van der Waals surface area contributed by atoms with Gasteiger partial charge in [0, 0.05) is 17.7 Å². The van der Waals surface area contributed by atoms with Gasteiger partial charge in [0.1, 0.15) is 0 Å². The first-order chi connectivity index (χ1) is 5.99. The Labute approximate surface area is 90.6 Å². The average Bonchev–Trinajstić information content (AvgIpc) is 2.34. The van der Waals surface area contributed by atoms with Gasteiger partial charge in [-0.15, -0.1) is 11.6 Å². The molecule has 0 aromatic rings. The molecule has 2 atom stereocenters. The summed E-state index contributed by atoms with van der Waals surface area (Å²) < 4.78 is 5.67. The summed E-state index contributed by atoms with van der Waals surface area (Å²) in [5.41, 5.74) is -0.00639. The molecule has 1 rings (SSSR count). The maximum atomic E-state index is 6.15. The van der Waals surface area contributed by atoms with E-state index in [4.69, 9.17) is 16.3 Å². The summed E-state index contributed by atoms with van der Waals surface area (Å²) in [5, 5.41) is 0.369. The van der Waals surface area contributed by atoms with Gasteiger partial charge in [-0.2, -0.15) is 11.8 Å². The van der Waals surface area contributed by atoms with Crippen LogP contribution in [0, 0.1) is 5.92 Å². The highest BCUT2D eigenvalue weighted by molar-refractivity contribution is 7.99. The molecule has 1 aliphatic rings. The van der Waals surface area contributed by atoms with E-state index in [9.17, 15) is 0 Å². The fourth-order valence-corrected chi connectivity index (χ4v) is 3.28. The van der Waals surface area contributed by atoms with Crippen LogP contribution >= 0.6 is 23.4 Å². The van der Waals surface area contributed by atoms with Crippen LogP contribution in [-0.4, -0.2) is 29.1 Å². The number of rotatable bonds is 3. The Bertz CT molecular complexity index is 155. The second kappa shape index (κ2) is 4.90. The molecule has 0 bridgehead atoms. The summed E-state index contributed by atoms with van der Waals surface area (Å²) >= 11 is 8.11. The summed E-state index contributed by atoms with van der Waals surface area (Å²) in [6.07, 6.45) is 1.11. The van der Waals surface area contributed by atoms with E-state index in [2.05, 4.69) is 20.8 Å². The van der Waals surface area contributed by atoms with Crippen LogP contribution in [-0.2, 0) is 4.74 Å². The van der Waals surface area contributed by atoms with Crippen molar-refractivity contribution in [2.75, 3.05) is 18.1 Å². The van der Waals surface area contributed by atoms with Crippen molar-refractivity contribution in [2.45, 2.75) is 38.2 Å². The van der Waals surface area contributed by atoms with Crippen molar-refractivity contribution in [1.82, 2.24) is 0 Å². The van der Waals surface area contributed by atoms with Gasteiger partial charge in [0.05, 0.1) is 5.60 Å². The molecule has 78 valence electrons. The summed E-state index contributed by atoms with van der Waals surface area (Å²) in [7, 11) is 0. The Morgan fingerprint density at radius 3 is 2.54 bits per heavy atom. The standard InChI is InChI=1S/C10H19ClOS/c1-10(2,3)12-5-4-8-6-13-7-9(8)11/h8-9H,4-7H2,1-3H3. The number of hydrogen-bond donors (Lipinski definition) is 0. The molecule has 1 saturated heterocycles. The zero-order chi connectivity index (χ0) is 9.90. The molecule has 1 heterocycles. The van der Waals surface area contributed by atoms with Gasteiger partial charge in [-0.05, 0) is 38.9 Å². The van der Waals surface area contributed by atoms with Crippen LogP contribution in [0.4, 0.5) is 0 Å². The Hall–Kier alpha value is 0.600. The smallest absolute Gasteiger partial charge is 0.0598 e. The minimum Gasteiger partial charge on any atom is -0.376 e. The van der Waals surface area contributed by atoms with Gasteiger partial charge in [0.15, 0.2) is 0 Å². The molecule has 3 heteroatoms. The van der Waals surface area contributed by atoms with Gasteiger partial charge in [-0.25, -0.2) is 0 Å². The van der Waals surface area contributed by atoms with Crippen molar-refractivity contribution >= 4 is 23.4 Å². The Kier molecular flexibility index (Phi) is 4.40. The molecule has 0 N–H and O–H groups in total. The minimum atomic E-state index is -0.00639. The average molecular weight is 223 g/mol. The molecular weight excluding hydrogens is 204 g/mol. The van der Waals surface area contributed by atoms with Crippen molar-refractivity contribution in [2.24, 2.45) is 5.92 Å². The van der Waals surface area contributed by atoms with Crippen molar-refractivity contribution in [1.29, 1.82) is 0 Å². The fourth-order valence-electron chi connectivity index (χ4n) is 1.35. The molecule has 1 aliphatic heterocycles. The van der Waals surface area contributed by atoms with E-state index in [1.807, 2.05) is 11.8 Å². The molecule has 1 nitrogen and oxygen atoms in total. The molecule has 0 spiro atoms. The lowest BCUT2D eigenvalue weighted by Gasteiger charge is -2.21. The molecule has 0 radical (unpaired) electrons. The SMILES string of the molecule is CC(C)(C)OCCC1CSCC1Cl. The third-order valence-corrected chi connectivity index (χ3v) is 4.10. The molecule has 0 aromatic heterocycles. The van der Waals surface area contributed by atoms with Gasteiger partial charge in [-0.3, -0.25) is 0 Å². The van der Waals surface area contributed by atoms with Crippen LogP contribution in [0.15, 0.2) is 0 Å². The van der Waals surface area contributed by atoms with E-state index in [1.54, 1.807) is 0 Å². The molecule has 0 saturated carbocycles. The van der Waals surface area contributed by atoms with Crippen molar-refractivity contribution < 1.29 is 4.74 Å². The van der Waals surface area contributed by atoms with Gasteiger partial charge >= 0.3 is 0 Å². The number of alkyl halides is 1. The molecule has 2 unspecified atom stereocenters. The van der Waals surface area contributed by atoms with Crippen LogP contribution < -0.4 is 0 Å². The number of ether oxygens (including phenoxy) is 1. The minimum absolute atomic E-state index is 0.00639. The molecule has 1 fully saturated rings. The normalized spacial score (nSPS) is 29.5. The van der Waals surface area contributed by atoms with E-state index in [0.717, 1.165) is 18.8 Å². The molecule has 0 amide bonds. The van der Waals surface area contributed by atoms with Crippen LogP contribution in [0.25, 0.3) is 0 Å². The first-order valence-electron chi connectivity index (χ1n) is 4.85. The van der Waals surface area contributed by atoms with Crippen molar-refractivity contribution in [3.8, 4) is 0 Å². The van der Waals surface area contributed by atoms with E-state index >= 15 is 0 Å². The topological polar surface area (TPSA) is 9.23 Å². The Morgan fingerprint density at radius 1 is 1.38 bits per heavy atom. The Morgan fingerprint density at radius 2 is 2.08 bits per heavy atom. The van der Waals surface area contributed by atoms with Crippen molar-refractivity contribution in [3.63, 3.8) is 0 Å². The zero-order valence-corrected chi connectivity index (χ0v) is 10.3. The van der Waals surface area contributed by atoms with Gasteiger partial charge < -0.3 is 4.74 Å². The van der Waals surface area contributed by atoms with Crippen LogP contribution in [0.5, 0.6) is 0 Å². The number of hydrogen-bond acceptors (Lipinski definition) is 2. The maximum absolute atomic E-state index is 6.15. The number of thioether (sulfide) groups is 1. The second-order valence-electron chi connectivity index (χ2n) is 4.56. The van der Waals surface area contributed by atoms with Crippen LogP contribution in [0.2, 0.25) is 0 Å². The fraction of sp³-hybridized carbons (Fsp3) is 1.00. The lowest BCUT2D eigenvalue weighted by atomic mass is 10.1. The lowest BCUT2D eigenvalue weighted by molar-refractivity contribution is -0.00804. The van der Waals surface area contributed by atoms with Gasteiger partial charge in [-0.1, -0.05) is 0 Å². The molecular formula is C10H19ClOS. The maximum Gasteiger partial charge on any atom is 0.0598 e. The van der Waals surface area contributed by atoms with Crippen LogP contribution in [0.1, 0.15) is 27.2 Å². The largest absolute Gasteiger partial charge is 0.376 e. The predicted molar refractivity (Wildman–Crippen MR) is 60.8 cm³/mol. The lowest BCUT2D eigenvalue weighted by Crippen LogP contribution is -2.22. The number of halogens is 1. The van der Waals surface area contributed by atoms with E-state index in [1.165, 1.54) is 5.75 Å². The zero-order valence-electron chi connectivity index (χ0n) is 8.68. The van der Waals surface area contributed by atoms with Gasteiger partial charge in [0.2, 0.25) is 0 Å². The third kappa shape index (κ3) is 4.57. The highest BCUT2D eigenvalue weighted by atomic mass is 35.5. The summed E-state index contributed by atoms with van der Waals surface area (Å²) in [6.45, 7) is 7.12. The quantitative estimate of drug-likeness (QED) is 0.679. The van der Waals surface area contributed by atoms with E-state index in [-0.39, 0.29) is 5.60 Å². The molecule has 0 aromatic carbocycles. The highest BCUT2D eigenvalue weighted by Gasteiger charge is 2.25. The van der Waals surface area contributed by atoms with E-state index in [0.29, 0.717) is 11.3 Å². The summed E-state index contributed by atoms with van der Waals surface area (Å²) in [4.78, 5) is 0. The second-order valence-corrected chi connectivity index (χ2v) is 6.20. The summed E-state index contributed by atoms with van der Waals surface area (Å²) in [6, 6.07) is 0. The highest BCUT2D eigenvalue weighted by Crippen LogP contribution is 2.30. The monoisotopic (exact) mass is 222 g/mol. The first-order valence-corrected chi connectivity index (χ1v) is 6.44. The van der Waals surface area contributed by atoms with Crippen molar-refractivity contribution in [3.05, 3.63) is 0 Å². The molecule has 13 heavy (non-hydrogen) atoms. The first kappa shape index (κ1) is 11.7. The Balaban J connectivity index is 2.12. The molecule has 0 aliphatic carbocycles. The van der Waals surface area contributed by atoms with Crippen LogP contribution in [0.3, 0.4) is 0 Å². The third-order valence-electron chi connectivity index (χ3n) is 2.14.